The first-order valence-corrected chi connectivity index (χ1v) is 8.45. The van der Waals surface area contributed by atoms with Gasteiger partial charge in [0.2, 0.25) is 0 Å². The standard InChI is InChI=1S/C19H22N2O4/c1-2-23-16-10-6-7-11-17(16)25-19(15-8-4-3-5-9-15)18-14-21(20-22)12-13-24-18/h3-11,18-19H,2,12-14H2,1H3/t18-,19-/m1/s1. The Kier molecular flexibility index (Phi) is 5.85. The molecule has 6 nitrogen and oxygen atoms in total. The van der Waals surface area contributed by atoms with Gasteiger partial charge in [-0.05, 0) is 24.6 Å². The van der Waals surface area contributed by atoms with Crippen LogP contribution >= 0.6 is 0 Å². The van der Waals surface area contributed by atoms with E-state index in [0.717, 1.165) is 5.56 Å². The van der Waals surface area contributed by atoms with Crippen molar-refractivity contribution in [3.63, 3.8) is 0 Å². The van der Waals surface area contributed by atoms with Crippen LogP contribution in [0.15, 0.2) is 59.9 Å². The summed E-state index contributed by atoms with van der Waals surface area (Å²) in [5.74, 6) is 1.34. The first-order chi connectivity index (χ1) is 12.3. The van der Waals surface area contributed by atoms with Crippen LogP contribution in [0.3, 0.4) is 0 Å². The molecule has 0 N–H and O–H groups in total. The van der Waals surface area contributed by atoms with Gasteiger partial charge in [0.15, 0.2) is 17.6 Å². The maximum absolute atomic E-state index is 10.9. The quantitative estimate of drug-likeness (QED) is 0.720. The van der Waals surface area contributed by atoms with E-state index in [1.54, 1.807) is 0 Å². The second-order valence-electron chi connectivity index (χ2n) is 5.73. The van der Waals surface area contributed by atoms with E-state index in [0.29, 0.717) is 37.8 Å². The molecule has 25 heavy (non-hydrogen) atoms. The minimum absolute atomic E-state index is 0.302. The van der Waals surface area contributed by atoms with Crippen LogP contribution in [0.2, 0.25) is 0 Å². The second kappa shape index (κ2) is 8.48. The predicted octanol–water partition coefficient (Wildman–Crippen LogP) is 3.59. The summed E-state index contributed by atoms with van der Waals surface area (Å²) in [6.45, 7) is 3.82. The number of ether oxygens (including phenoxy) is 3. The van der Waals surface area contributed by atoms with Gasteiger partial charge in [-0.1, -0.05) is 42.5 Å². The molecule has 0 radical (unpaired) electrons. The Hall–Kier alpha value is -2.60. The first-order valence-electron chi connectivity index (χ1n) is 8.45. The van der Waals surface area contributed by atoms with Gasteiger partial charge in [-0.2, -0.15) is 0 Å². The zero-order valence-corrected chi connectivity index (χ0v) is 14.2. The molecule has 0 unspecified atom stereocenters. The third-order valence-corrected chi connectivity index (χ3v) is 4.06. The van der Waals surface area contributed by atoms with Gasteiger partial charge in [-0.3, -0.25) is 5.01 Å². The maximum Gasteiger partial charge on any atom is 0.162 e. The van der Waals surface area contributed by atoms with Crippen LogP contribution in [-0.2, 0) is 4.74 Å². The number of hydrogen-bond donors (Lipinski definition) is 0. The van der Waals surface area contributed by atoms with E-state index in [4.69, 9.17) is 14.2 Å². The molecule has 132 valence electrons. The topological polar surface area (TPSA) is 60.4 Å². The number of benzene rings is 2. The lowest BCUT2D eigenvalue weighted by Crippen LogP contribution is -2.43. The molecule has 2 aromatic rings. The van der Waals surface area contributed by atoms with Gasteiger partial charge < -0.3 is 14.2 Å². The highest BCUT2D eigenvalue weighted by molar-refractivity contribution is 5.40. The molecule has 0 amide bonds. The Bertz CT molecular complexity index is 680. The van der Waals surface area contributed by atoms with Crippen LogP contribution in [0.4, 0.5) is 0 Å². The van der Waals surface area contributed by atoms with Gasteiger partial charge in [0, 0.05) is 0 Å². The summed E-state index contributed by atoms with van der Waals surface area (Å²) < 4.78 is 17.8. The van der Waals surface area contributed by atoms with Crippen LogP contribution in [0, 0.1) is 4.91 Å². The summed E-state index contributed by atoms with van der Waals surface area (Å²) in [5, 5.41) is 4.53. The summed E-state index contributed by atoms with van der Waals surface area (Å²) in [7, 11) is 0. The minimum atomic E-state index is -0.368. The van der Waals surface area contributed by atoms with Gasteiger partial charge in [-0.25, -0.2) is 0 Å². The highest BCUT2D eigenvalue weighted by Gasteiger charge is 2.32. The van der Waals surface area contributed by atoms with E-state index in [-0.39, 0.29) is 12.2 Å². The molecule has 0 spiro atoms. The van der Waals surface area contributed by atoms with Crippen molar-refractivity contribution in [1.29, 1.82) is 0 Å². The van der Waals surface area contributed by atoms with Crippen molar-refractivity contribution in [3.05, 3.63) is 65.1 Å². The Morgan fingerprint density at radius 3 is 2.60 bits per heavy atom. The molecular weight excluding hydrogens is 320 g/mol. The van der Waals surface area contributed by atoms with Crippen molar-refractivity contribution in [1.82, 2.24) is 5.01 Å². The van der Waals surface area contributed by atoms with Crippen LogP contribution in [0.5, 0.6) is 11.5 Å². The smallest absolute Gasteiger partial charge is 0.162 e. The summed E-state index contributed by atoms with van der Waals surface area (Å²) in [6, 6.07) is 17.4. The summed E-state index contributed by atoms with van der Waals surface area (Å²) in [4.78, 5) is 10.9. The monoisotopic (exact) mass is 342 g/mol. The van der Waals surface area contributed by atoms with E-state index < -0.39 is 0 Å². The van der Waals surface area contributed by atoms with Crippen molar-refractivity contribution < 1.29 is 14.2 Å². The van der Waals surface area contributed by atoms with Crippen LogP contribution in [0.25, 0.3) is 0 Å². The molecule has 0 saturated carbocycles. The molecule has 1 saturated heterocycles. The summed E-state index contributed by atoms with van der Waals surface area (Å²) >= 11 is 0. The fourth-order valence-electron chi connectivity index (χ4n) is 2.88. The zero-order valence-electron chi connectivity index (χ0n) is 14.2. The normalized spacial score (nSPS) is 18.4. The number of hydrogen-bond acceptors (Lipinski definition) is 5. The SMILES string of the molecule is CCOc1ccccc1O[C@H](c1ccccc1)[C@H]1CN(N=O)CCO1. The lowest BCUT2D eigenvalue weighted by Gasteiger charge is -2.34. The van der Waals surface area contributed by atoms with Crippen molar-refractivity contribution >= 4 is 0 Å². The van der Waals surface area contributed by atoms with Crippen molar-refractivity contribution in [2.75, 3.05) is 26.3 Å². The van der Waals surface area contributed by atoms with Crippen LogP contribution < -0.4 is 9.47 Å². The predicted molar refractivity (Wildman–Crippen MR) is 94.5 cm³/mol. The molecular formula is C19H22N2O4. The zero-order chi connectivity index (χ0) is 17.5. The Morgan fingerprint density at radius 1 is 1.16 bits per heavy atom. The maximum atomic E-state index is 10.9. The summed E-state index contributed by atoms with van der Waals surface area (Å²) in [5.41, 5.74) is 0.978. The molecule has 2 aromatic carbocycles. The van der Waals surface area contributed by atoms with Gasteiger partial charge in [-0.15, -0.1) is 4.91 Å². The molecule has 1 fully saturated rings. The third kappa shape index (κ3) is 4.28. The van der Waals surface area contributed by atoms with Crippen LogP contribution in [0.1, 0.15) is 18.6 Å². The molecule has 3 rings (SSSR count). The Morgan fingerprint density at radius 2 is 1.88 bits per heavy atom. The number of nitroso groups, excluding NO2 is 1. The molecule has 1 aliphatic rings. The highest BCUT2D eigenvalue weighted by atomic mass is 16.6. The molecule has 2 atom stereocenters. The average Bonchev–Trinajstić information content (AvgIpc) is 2.68. The number of para-hydroxylation sites is 2. The molecule has 0 aliphatic carbocycles. The number of rotatable bonds is 7. The van der Waals surface area contributed by atoms with Gasteiger partial charge in [0.1, 0.15) is 6.10 Å². The van der Waals surface area contributed by atoms with Gasteiger partial charge >= 0.3 is 0 Å². The van der Waals surface area contributed by atoms with Gasteiger partial charge in [0.25, 0.3) is 0 Å². The Balaban J connectivity index is 1.88. The second-order valence-corrected chi connectivity index (χ2v) is 5.73. The first kappa shape index (κ1) is 17.2. The largest absolute Gasteiger partial charge is 0.490 e. The molecule has 1 heterocycles. The van der Waals surface area contributed by atoms with Crippen molar-refractivity contribution in [3.8, 4) is 11.5 Å². The van der Waals surface area contributed by atoms with E-state index in [9.17, 15) is 4.91 Å². The average molecular weight is 342 g/mol. The fourth-order valence-corrected chi connectivity index (χ4v) is 2.88. The van der Waals surface area contributed by atoms with E-state index in [1.807, 2.05) is 61.5 Å². The third-order valence-electron chi connectivity index (χ3n) is 4.06. The molecule has 0 bridgehead atoms. The summed E-state index contributed by atoms with van der Waals surface area (Å²) in [6.07, 6.45) is -0.670. The van der Waals surface area contributed by atoms with E-state index >= 15 is 0 Å². The number of nitrogens with zero attached hydrogens (tertiary/aromatic N) is 2. The van der Waals surface area contributed by atoms with E-state index in [2.05, 4.69) is 5.29 Å². The van der Waals surface area contributed by atoms with Crippen molar-refractivity contribution in [2.24, 2.45) is 5.29 Å². The Labute approximate surface area is 147 Å². The fraction of sp³-hybridized carbons (Fsp3) is 0.368. The highest BCUT2D eigenvalue weighted by Crippen LogP contribution is 2.34. The molecule has 1 aliphatic heterocycles. The van der Waals surface area contributed by atoms with Crippen LogP contribution in [-0.4, -0.2) is 37.4 Å². The minimum Gasteiger partial charge on any atom is -0.490 e. The lowest BCUT2D eigenvalue weighted by atomic mass is 10.0. The van der Waals surface area contributed by atoms with E-state index in [1.165, 1.54) is 5.01 Å². The van der Waals surface area contributed by atoms with Crippen molar-refractivity contribution in [2.45, 2.75) is 19.1 Å². The molecule has 0 aromatic heterocycles. The van der Waals surface area contributed by atoms with Gasteiger partial charge in [0.05, 0.1) is 31.6 Å². The lowest BCUT2D eigenvalue weighted by molar-refractivity contribution is -0.0824. The molecule has 6 heteroatoms. The number of morpholine rings is 1.